The van der Waals surface area contributed by atoms with Crippen molar-refractivity contribution in [2.75, 3.05) is 13.2 Å². The summed E-state index contributed by atoms with van der Waals surface area (Å²) in [4.78, 5) is 49.1. The highest BCUT2D eigenvalue weighted by Gasteiger charge is 2.53. The molecule has 1 amide bonds. The average Bonchev–Trinajstić information content (AvgIpc) is 3.78. The zero-order valence-corrected chi connectivity index (χ0v) is 26.1. The molecule has 23 heteroatoms. The van der Waals surface area contributed by atoms with Gasteiger partial charge >= 0.3 is 5.65 Å². The number of hydrogen-bond acceptors (Lipinski definition) is 17. The minimum atomic E-state index is -5.71. The maximum absolute atomic E-state index is 12.5. The summed E-state index contributed by atoms with van der Waals surface area (Å²) >= 11 is 0. The average molecular weight is 702 g/mol. The molecule has 10 atom stereocenters. The van der Waals surface area contributed by atoms with E-state index in [0.29, 0.717) is 16.8 Å². The third-order valence-electron chi connectivity index (χ3n) is 7.89. The van der Waals surface area contributed by atoms with Gasteiger partial charge in [0.05, 0.1) is 13.2 Å². The molecule has 0 radical (unpaired) electrons. The van der Waals surface area contributed by atoms with Gasteiger partial charge in [0.2, 0.25) is 17.7 Å². The molecule has 0 saturated carbocycles. The van der Waals surface area contributed by atoms with E-state index in [1.807, 2.05) is 0 Å². The Labute approximate surface area is 264 Å². The second kappa shape index (κ2) is 12.4. The molecule has 3 aliphatic rings. The Hall–Kier alpha value is -3.14. The minimum absolute atomic E-state index is 0.178. The molecule has 0 aliphatic carbocycles. The van der Waals surface area contributed by atoms with Crippen LogP contribution in [0.3, 0.4) is 0 Å². The van der Waals surface area contributed by atoms with Crippen LogP contribution in [0, 0.1) is 0 Å². The number of rotatable bonds is 11. The first kappa shape index (κ1) is 33.7. The highest BCUT2D eigenvalue weighted by Crippen LogP contribution is 2.56. The van der Waals surface area contributed by atoms with Gasteiger partial charge < -0.3 is 59.4 Å². The van der Waals surface area contributed by atoms with E-state index >= 15 is 0 Å². The summed E-state index contributed by atoms with van der Waals surface area (Å²) in [6, 6.07) is 0. The lowest BCUT2D eigenvalue weighted by Gasteiger charge is -2.34. The van der Waals surface area contributed by atoms with E-state index in [9.17, 15) is 44.1 Å². The van der Waals surface area contributed by atoms with Crippen LogP contribution >= 0.6 is 15.6 Å². The summed E-state index contributed by atoms with van der Waals surface area (Å²) in [5, 5.41) is 42.3. The van der Waals surface area contributed by atoms with Crippen molar-refractivity contribution in [1.82, 2.24) is 24.3 Å². The van der Waals surface area contributed by atoms with Gasteiger partial charge in [0.25, 0.3) is 15.6 Å². The number of hydrogen-bond donors (Lipinski definition) is 6. The number of amides is 1. The lowest BCUT2D eigenvalue weighted by atomic mass is 9.98. The van der Waals surface area contributed by atoms with Crippen LogP contribution in [0.5, 0.6) is 0 Å². The zero-order chi connectivity index (χ0) is 33.9. The summed E-state index contributed by atoms with van der Waals surface area (Å²) < 4.78 is 52.6. The van der Waals surface area contributed by atoms with Crippen LogP contribution in [0.4, 0.5) is 0 Å². The molecule has 0 bridgehead atoms. The standard InChI is InChI=1S/C24H31N7O14P2/c1-24(18(35)17(34)22(44-24)29-5-2-3-12(7-29)19(25)36)9-42-47(39,40)45-46(37,38)41-8-13-15(32)16(33)23(43-13)31-11-27-14-20-26-4-6-30(20)10-28-21(14)31/h2,4-7,10-11,13,15-18,22-23,32-35H,3,8-9H2,1H3,(H4,25,36,37,38,39,40)/p-1/t13-,15+,16?,17-,18?,22+,23-,24+/m0/s1. The number of primary amides is 1. The van der Waals surface area contributed by atoms with Crippen LogP contribution in [0.15, 0.2) is 49.1 Å². The number of aromatic amines is 1. The van der Waals surface area contributed by atoms with Gasteiger partial charge in [-0.05, 0) is 13.3 Å². The summed E-state index contributed by atoms with van der Waals surface area (Å²) in [6.07, 6.45) is -0.0296. The second-order valence-corrected chi connectivity index (χ2v) is 14.1. The number of aliphatic hydroxyl groups is 4. The van der Waals surface area contributed by atoms with Crippen LogP contribution in [0.2, 0.25) is 0 Å². The Kier molecular flexibility index (Phi) is 8.90. The highest BCUT2D eigenvalue weighted by atomic mass is 31.3. The Morgan fingerprint density at radius 1 is 1.19 bits per heavy atom. The molecule has 7 N–H and O–H groups in total. The van der Waals surface area contributed by atoms with Gasteiger partial charge in [0.1, 0.15) is 36.1 Å². The number of fused-ring (bicyclic) bond motifs is 3. The van der Waals surface area contributed by atoms with Crippen molar-refractivity contribution in [3.63, 3.8) is 0 Å². The summed E-state index contributed by atoms with van der Waals surface area (Å²) in [5.41, 5.74) is 4.87. The monoisotopic (exact) mass is 702 g/mol. The van der Waals surface area contributed by atoms with Gasteiger partial charge in [-0.25, -0.2) is 13.9 Å². The van der Waals surface area contributed by atoms with Crippen LogP contribution in [-0.2, 0) is 36.8 Å². The van der Waals surface area contributed by atoms with Crippen molar-refractivity contribution in [2.24, 2.45) is 5.73 Å². The fourth-order valence-corrected chi connectivity index (χ4v) is 7.52. The minimum Gasteiger partial charge on any atom is -0.756 e. The fourth-order valence-electron chi connectivity index (χ4n) is 5.42. The molecule has 256 valence electrons. The van der Waals surface area contributed by atoms with Crippen molar-refractivity contribution >= 4 is 38.4 Å². The Morgan fingerprint density at radius 3 is 2.68 bits per heavy atom. The molecule has 21 nitrogen and oxygen atoms in total. The van der Waals surface area contributed by atoms with E-state index in [4.69, 9.17) is 15.2 Å². The lowest BCUT2D eigenvalue weighted by molar-refractivity contribution is -0.745. The number of phosphoric ester groups is 2. The van der Waals surface area contributed by atoms with Crippen molar-refractivity contribution in [3.05, 3.63) is 49.1 Å². The summed E-state index contributed by atoms with van der Waals surface area (Å²) in [5.74, 6) is -0.723. The number of carbonyl (C=O) groups is 1. The van der Waals surface area contributed by atoms with E-state index in [-0.39, 0.29) is 12.0 Å². The first-order valence-corrected chi connectivity index (χ1v) is 16.8. The molecule has 6 rings (SSSR count). The van der Waals surface area contributed by atoms with Crippen LogP contribution in [0.1, 0.15) is 19.6 Å². The third-order valence-corrected chi connectivity index (χ3v) is 10.4. The first-order valence-electron chi connectivity index (χ1n) is 13.9. The predicted molar refractivity (Wildman–Crippen MR) is 147 cm³/mol. The number of phosphoric acid groups is 2. The maximum atomic E-state index is 12.5. The van der Waals surface area contributed by atoms with Crippen molar-refractivity contribution in [1.29, 1.82) is 0 Å². The number of imidazole rings is 2. The Morgan fingerprint density at radius 2 is 1.94 bits per heavy atom. The van der Waals surface area contributed by atoms with Gasteiger partial charge in [-0.3, -0.25) is 23.3 Å². The Balaban J connectivity index is 1.05. The molecule has 2 fully saturated rings. The highest BCUT2D eigenvalue weighted by molar-refractivity contribution is 7.59. The van der Waals surface area contributed by atoms with Gasteiger partial charge in [0.15, 0.2) is 24.5 Å². The van der Waals surface area contributed by atoms with Crippen LogP contribution in [-0.4, -0.2) is 106 Å². The molecule has 4 unspecified atom stereocenters. The second-order valence-electron chi connectivity index (χ2n) is 11.2. The Bertz CT molecular complexity index is 1830. The summed E-state index contributed by atoms with van der Waals surface area (Å²) in [7, 11) is -11.4. The van der Waals surface area contributed by atoms with Crippen LogP contribution < -0.4 is 20.1 Å². The molecule has 0 aromatic carbocycles. The maximum Gasteiger partial charge on any atom is 0.309 e. The first-order chi connectivity index (χ1) is 22.1. The quantitative estimate of drug-likeness (QED) is 0.0835. The van der Waals surface area contributed by atoms with E-state index in [0.717, 1.165) is 0 Å². The molecule has 3 aromatic rings. The number of ether oxygens (including phenoxy) is 2. The number of nitrogens with one attached hydrogen (secondary N) is 1. The van der Waals surface area contributed by atoms with Crippen molar-refractivity contribution in [2.45, 2.75) is 61.9 Å². The molecular weight excluding hydrogens is 672 g/mol. The molecule has 47 heavy (non-hydrogen) atoms. The van der Waals surface area contributed by atoms with E-state index in [1.54, 1.807) is 22.9 Å². The van der Waals surface area contributed by atoms with Gasteiger partial charge in [-0.15, -0.1) is 0 Å². The number of allylic oxidation sites excluding steroid dienone is 1. The molecule has 3 aromatic heterocycles. The number of H-pyrrole nitrogens is 1. The molecule has 0 spiro atoms. The molecular formula is C24H30N7O14P2-. The van der Waals surface area contributed by atoms with Crippen LogP contribution in [0.25, 0.3) is 16.8 Å². The van der Waals surface area contributed by atoms with E-state index in [1.165, 1.54) is 41.4 Å². The number of nitrogens with zero attached hydrogens (tertiary/aromatic N) is 5. The van der Waals surface area contributed by atoms with Gasteiger partial charge in [-0.1, -0.05) is 11.1 Å². The summed E-state index contributed by atoms with van der Waals surface area (Å²) in [6.45, 7) is -0.778. The SMILES string of the molecule is C[C@]1(COP(=O)([O-])OP(=O)([O-])OC[C@@H]2O[C@H]([n+]3c[nH]c4c5nccn5cnc43)C(O)[C@@H]2O)O[C@@H](N2C=CCC(C(N)=O)=C2)[C@@H](O)C1O. The van der Waals surface area contributed by atoms with Crippen molar-refractivity contribution in [3.8, 4) is 0 Å². The topological polar surface area (TPSA) is 304 Å². The number of aliphatic hydroxyl groups excluding tert-OH is 4. The number of aromatic nitrogens is 5. The molecule has 6 heterocycles. The van der Waals surface area contributed by atoms with E-state index in [2.05, 4.69) is 28.3 Å². The zero-order valence-electron chi connectivity index (χ0n) is 24.3. The van der Waals surface area contributed by atoms with Crippen molar-refractivity contribution < 1.29 is 71.5 Å². The third kappa shape index (κ3) is 6.51. The predicted octanol–water partition coefficient (Wildman–Crippen LogP) is -3.47. The molecule has 3 aliphatic heterocycles. The smallest absolute Gasteiger partial charge is 0.309 e. The van der Waals surface area contributed by atoms with E-state index < -0.39 is 83.3 Å². The number of nitrogens with two attached hydrogens (primary N) is 1. The fraction of sp³-hybridized carbons (Fsp3) is 0.500. The molecule has 2 saturated heterocycles. The van der Waals surface area contributed by atoms with Gasteiger partial charge in [0, 0.05) is 30.4 Å². The largest absolute Gasteiger partial charge is 0.756 e. The van der Waals surface area contributed by atoms with Gasteiger partial charge in [-0.2, -0.15) is 0 Å². The lowest BCUT2D eigenvalue weighted by Crippen LogP contribution is -2.45. The normalized spacial score (nSPS) is 33.7. The number of carbonyl (C=O) groups excluding carboxylic acids is 1.